The van der Waals surface area contributed by atoms with Crippen LogP contribution in [-0.2, 0) is 112 Å². The third-order valence-corrected chi connectivity index (χ3v) is 5.67. The molecule has 0 N–H and O–H groups in total. The van der Waals surface area contributed by atoms with Gasteiger partial charge in [-0.25, -0.2) is 0 Å². The molecular formula is Cr4MoO14. The van der Waals surface area contributed by atoms with E-state index in [1.165, 1.54) is 0 Å². The van der Waals surface area contributed by atoms with E-state index >= 15 is 0 Å². The van der Waals surface area contributed by atoms with E-state index in [4.69, 9.17) is 0 Å². The van der Waals surface area contributed by atoms with E-state index in [1.807, 2.05) is 0 Å². The third kappa shape index (κ3) is 32.5. The molecule has 114 valence electrons. The zero-order valence-electron chi connectivity index (χ0n) is 7.76. The molecule has 0 aromatic rings. The maximum atomic E-state index is 9.38. The summed E-state index contributed by atoms with van der Waals surface area (Å²) in [5, 5.41) is 0. The Morgan fingerprint density at radius 2 is 0.579 bits per heavy atom. The summed E-state index contributed by atoms with van der Waals surface area (Å²) >= 11 is -24.3. The SMILES string of the molecule is [Mo+4].[O]=[Cr](=[O])([O-])[O][Cr](=[O])(=[O])[O-].[O]=[Cr](=[O])([O-])[O][Cr](=[O])(=[O])[O-]. The molecule has 0 amide bonds. The molecule has 0 unspecified atom stereocenters. The van der Waals surface area contributed by atoms with Crippen LogP contribution >= 0.6 is 0 Å². The van der Waals surface area contributed by atoms with Crippen LogP contribution in [0.2, 0.25) is 0 Å². The first kappa shape index (κ1) is 25.0. The van der Waals surface area contributed by atoms with E-state index in [9.17, 15) is 47.1 Å². The van der Waals surface area contributed by atoms with Crippen molar-refractivity contribution >= 4 is 0 Å². The Morgan fingerprint density at radius 1 is 0.474 bits per heavy atom. The topological polar surface area (TPSA) is 247 Å². The molecule has 0 aliphatic heterocycles. The van der Waals surface area contributed by atoms with Crippen LogP contribution in [0.25, 0.3) is 0 Å². The fourth-order valence-electron chi connectivity index (χ4n) is 0.204. The van der Waals surface area contributed by atoms with Crippen molar-refractivity contribution in [3.05, 3.63) is 0 Å². The van der Waals surface area contributed by atoms with Crippen molar-refractivity contribution in [3.8, 4) is 0 Å². The Hall–Kier alpha value is 0.978. The summed E-state index contributed by atoms with van der Waals surface area (Å²) < 4.78 is 118. The van der Waals surface area contributed by atoms with Crippen LogP contribution in [0, 0.1) is 0 Å². The van der Waals surface area contributed by atoms with E-state index in [1.54, 1.807) is 0 Å². The summed E-state index contributed by atoms with van der Waals surface area (Å²) in [6.45, 7) is 0. The molecule has 0 saturated heterocycles. The second-order valence-corrected chi connectivity index (χ2v) is 9.05. The summed E-state index contributed by atoms with van der Waals surface area (Å²) in [4.78, 5) is 0. The Kier molecular flexibility index (Phi) is 11.1. The van der Waals surface area contributed by atoms with Gasteiger partial charge in [-0.1, -0.05) is 0 Å². The van der Waals surface area contributed by atoms with E-state index < -0.39 is 54.5 Å². The van der Waals surface area contributed by atoms with Crippen LogP contribution in [-0.4, -0.2) is 0 Å². The van der Waals surface area contributed by atoms with Gasteiger partial charge in [-0.2, -0.15) is 0 Å². The average molecular weight is 528 g/mol. The van der Waals surface area contributed by atoms with Crippen molar-refractivity contribution in [3.63, 3.8) is 0 Å². The molecule has 0 fully saturated rings. The van der Waals surface area contributed by atoms with Crippen LogP contribution in [0.4, 0.5) is 0 Å². The van der Waals surface area contributed by atoms with Gasteiger partial charge in [0, 0.05) is 0 Å². The molecule has 0 rings (SSSR count). The number of hydrogen-bond donors (Lipinski definition) is 0. The van der Waals surface area contributed by atoms with E-state index in [0.717, 1.165) is 0 Å². The second kappa shape index (κ2) is 8.43. The first-order valence-electron chi connectivity index (χ1n) is 2.67. The maximum absolute atomic E-state index is 9.38. The van der Waals surface area contributed by atoms with Crippen molar-refractivity contribution < 1.29 is 128 Å². The van der Waals surface area contributed by atoms with Gasteiger partial charge in [-0.15, -0.1) is 0 Å². The molecule has 0 aliphatic rings. The minimum absolute atomic E-state index is 0. The molecular weight excluding hydrogens is 528 g/mol. The van der Waals surface area contributed by atoms with Gasteiger partial charge in [0.25, 0.3) is 0 Å². The molecule has 0 saturated carbocycles. The van der Waals surface area contributed by atoms with Crippen molar-refractivity contribution in [2.24, 2.45) is 0 Å². The van der Waals surface area contributed by atoms with Gasteiger partial charge in [0.1, 0.15) is 0 Å². The monoisotopic (exact) mass is 530 g/mol. The van der Waals surface area contributed by atoms with E-state index in [2.05, 4.69) is 5.68 Å². The molecule has 14 nitrogen and oxygen atoms in total. The molecule has 0 aromatic carbocycles. The molecule has 19 heteroatoms. The minimum atomic E-state index is -6.07. The number of rotatable bonds is 4. The van der Waals surface area contributed by atoms with E-state index in [0.29, 0.717) is 0 Å². The average Bonchev–Trinajstić information content (AvgIpc) is 1.64. The fourth-order valence-corrected chi connectivity index (χ4v) is 3.47. The predicted molar refractivity (Wildman–Crippen MR) is 7.66 cm³/mol. The van der Waals surface area contributed by atoms with Crippen molar-refractivity contribution in [1.82, 2.24) is 0 Å². The van der Waals surface area contributed by atoms with Crippen molar-refractivity contribution in [2.75, 3.05) is 0 Å². The van der Waals surface area contributed by atoms with Gasteiger partial charge >= 0.3 is 128 Å². The first-order valence-corrected chi connectivity index (χ1v) is 11.0. The Labute approximate surface area is 127 Å². The van der Waals surface area contributed by atoms with Gasteiger partial charge in [0.2, 0.25) is 0 Å². The van der Waals surface area contributed by atoms with Gasteiger partial charge in [0.15, 0.2) is 0 Å². The Bertz CT molecular complexity index is 532. The third-order valence-electron chi connectivity index (χ3n) is 0.333. The summed E-state index contributed by atoms with van der Waals surface area (Å²) in [6.07, 6.45) is 0. The normalized spacial score (nSPS) is 12.8. The molecule has 0 aromatic heterocycles. The molecule has 0 aliphatic carbocycles. The quantitative estimate of drug-likeness (QED) is 0.309. The predicted octanol–water partition coefficient (Wildman–Crippen LogP) is -5.86. The van der Waals surface area contributed by atoms with Crippen LogP contribution in [0.1, 0.15) is 0 Å². The second-order valence-electron chi connectivity index (χ2n) is 1.77. The fraction of sp³-hybridized carbons (Fsp3) is 0. The molecule has 19 heavy (non-hydrogen) atoms. The van der Waals surface area contributed by atoms with Crippen LogP contribution < -0.4 is 16.6 Å². The van der Waals surface area contributed by atoms with E-state index in [-0.39, 0.29) is 21.1 Å². The summed E-state index contributed by atoms with van der Waals surface area (Å²) in [6, 6.07) is 0. The van der Waals surface area contributed by atoms with Crippen LogP contribution in [0.15, 0.2) is 0 Å². The van der Waals surface area contributed by atoms with Gasteiger partial charge in [-0.05, 0) is 0 Å². The molecule has 0 spiro atoms. The standard InChI is InChI=1S/4Cr.Mo.14O/q;;;;+4;;;;;;;;;;;4*-1. The van der Waals surface area contributed by atoms with Gasteiger partial charge in [0.05, 0.1) is 0 Å². The number of hydrogen-bond acceptors (Lipinski definition) is 14. The summed E-state index contributed by atoms with van der Waals surface area (Å²) in [5.74, 6) is 0. The molecule has 0 atom stereocenters. The summed E-state index contributed by atoms with van der Waals surface area (Å²) in [7, 11) is 0. The van der Waals surface area contributed by atoms with Crippen molar-refractivity contribution in [2.45, 2.75) is 0 Å². The molecule has 0 heterocycles. The van der Waals surface area contributed by atoms with Crippen LogP contribution in [0.3, 0.4) is 0 Å². The Balaban J connectivity index is -0.000000256. The zero-order chi connectivity index (χ0) is 15.4. The first-order chi connectivity index (χ1) is 7.41. The summed E-state index contributed by atoms with van der Waals surface area (Å²) in [5.41, 5.74) is 0. The van der Waals surface area contributed by atoms with Crippen LogP contribution in [0.5, 0.6) is 0 Å². The molecule has 0 radical (unpaired) electrons. The van der Waals surface area contributed by atoms with Gasteiger partial charge in [-0.3, -0.25) is 0 Å². The van der Waals surface area contributed by atoms with Gasteiger partial charge < -0.3 is 0 Å². The Morgan fingerprint density at radius 3 is 0.579 bits per heavy atom. The zero-order valence-corrected chi connectivity index (χ0v) is 14.9. The van der Waals surface area contributed by atoms with Crippen molar-refractivity contribution in [1.29, 1.82) is 0 Å². The molecule has 0 bridgehead atoms.